The normalized spacial score (nSPS) is 13.6. The van der Waals surface area contributed by atoms with Gasteiger partial charge in [-0.25, -0.2) is 0 Å². The minimum Gasteiger partial charge on any atom is -0.460 e. The highest BCUT2D eigenvalue weighted by atomic mass is 28.4. The van der Waals surface area contributed by atoms with E-state index < -0.39 is 20.0 Å². The summed E-state index contributed by atoms with van der Waals surface area (Å²) in [6.07, 6.45) is -0.279. The predicted molar refractivity (Wildman–Crippen MR) is 189 cm³/mol. The van der Waals surface area contributed by atoms with Crippen LogP contribution in [0.15, 0.2) is 121 Å². The molecule has 2 atom stereocenters. The Labute approximate surface area is 277 Å². The van der Waals surface area contributed by atoms with Crippen molar-refractivity contribution >= 4 is 24.7 Å². The van der Waals surface area contributed by atoms with E-state index in [1.54, 1.807) is 0 Å². The first-order valence-electron chi connectivity index (χ1n) is 16.2. The lowest BCUT2D eigenvalue weighted by atomic mass is 9.99. The van der Waals surface area contributed by atoms with Crippen LogP contribution >= 0.6 is 0 Å². The molecule has 0 aliphatic heterocycles. The fraction of sp³-hybridized carbons (Fsp3) is 0.375. The van der Waals surface area contributed by atoms with E-state index in [1.807, 2.05) is 93.6 Å². The molecule has 0 amide bonds. The first-order chi connectivity index (χ1) is 22.0. The van der Waals surface area contributed by atoms with Crippen molar-refractivity contribution in [3.8, 4) is 0 Å². The van der Waals surface area contributed by atoms with E-state index in [4.69, 9.17) is 18.6 Å². The zero-order valence-corrected chi connectivity index (χ0v) is 29.3. The largest absolute Gasteiger partial charge is 0.460 e. The number of carbonyl (C=O) groups is 1. The highest BCUT2D eigenvalue weighted by molar-refractivity contribution is 6.99. The molecule has 0 saturated heterocycles. The SMILES string of the molecule is CC(C)(C)OC(=O)C[C@H](CO[Si](c1ccccc1)(c1ccccc1)C(C)(C)C)[C@@H](COCc1ccccc1)OCc1ccccc1. The first-order valence-corrected chi connectivity index (χ1v) is 18.1. The topological polar surface area (TPSA) is 54.0 Å². The van der Waals surface area contributed by atoms with E-state index in [0.717, 1.165) is 11.1 Å². The zero-order valence-electron chi connectivity index (χ0n) is 28.3. The van der Waals surface area contributed by atoms with Gasteiger partial charge in [0, 0.05) is 12.5 Å². The summed E-state index contributed by atoms with van der Waals surface area (Å²) in [6.45, 7) is 13.9. The summed E-state index contributed by atoms with van der Waals surface area (Å²) < 4.78 is 26.1. The van der Waals surface area contributed by atoms with Crippen molar-refractivity contribution < 1.29 is 23.4 Å². The highest BCUT2D eigenvalue weighted by Gasteiger charge is 2.50. The van der Waals surface area contributed by atoms with Crippen molar-refractivity contribution in [3.05, 3.63) is 132 Å². The molecule has 5 nitrogen and oxygen atoms in total. The second kappa shape index (κ2) is 16.3. The Bertz CT molecular complexity index is 1410. The molecular weight excluding hydrogens is 589 g/mol. The lowest BCUT2D eigenvalue weighted by Gasteiger charge is -2.44. The minimum absolute atomic E-state index is 0.142. The third kappa shape index (κ3) is 9.97. The first kappa shape index (κ1) is 35.3. The van der Waals surface area contributed by atoms with Gasteiger partial charge in [0.15, 0.2) is 0 Å². The van der Waals surface area contributed by atoms with Gasteiger partial charge >= 0.3 is 5.97 Å². The molecule has 4 aromatic rings. The van der Waals surface area contributed by atoms with Gasteiger partial charge in [-0.3, -0.25) is 4.79 Å². The third-order valence-electron chi connectivity index (χ3n) is 8.01. The van der Waals surface area contributed by atoms with Gasteiger partial charge in [-0.1, -0.05) is 142 Å². The number of hydrogen-bond donors (Lipinski definition) is 0. The Morgan fingerprint density at radius 1 is 0.630 bits per heavy atom. The van der Waals surface area contributed by atoms with Crippen molar-refractivity contribution in [2.24, 2.45) is 5.92 Å². The zero-order chi connectivity index (χ0) is 33.0. The van der Waals surface area contributed by atoms with E-state index >= 15 is 0 Å². The number of hydrogen-bond acceptors (Lipinski definition) is 5. The van der Waals surface area contributed by atoms with Crippen LogP contribution in [0.2, 0.25) is 5.04 Å². The average Bonchev–Trinajstić information content (AvgIpc) is 3.03. The van der Waals surface area contributed by atoms with Crippen LogP contribution in [0.5, 0.6) is 0 Å². The van der Waals surface area contributed by atoms with Crippen LogP contribution in [-0.4, -0.2) is 39.2 Å². The Morgan fingerprint density at radius 3 is 1.54 bits per heavy atom. The van der Waals surface area contributed by atoms with Crippen LogP contribution in [0.4, 0.5) is 0 Å². The van der Waals surface area contributed by atoms with Gasteiger partial charge in [0.05, 0.1) is 32.3 Å². The summed E-state index contributed by atoms with van der Waals surface area (Å²) in [5.41, 5.74) is 1.53. The molecule has 0 bridgehead atoms. The Hall–Kier alpha value is -3.55. The van der Waals surface area contributed by atoms with Gasteiger partial charge in [-0.15, -0.1) is 0 Å². The summed E-state index contributed by atoms with van der Waals surface area (Å²) >= 11 is 0. The summed E-state index contributed by atoms with van der Waals surface area (Å²) in [4.78, 5) is 13.4. The highest BCUT2D eigenvalue weighted by Crippen LogP contribution is 2.37. The number of benzene rings is 4. The van der Waals surface area contributed by atoms with Crippen LogP contribution in [0.1, 0.15) is 59.1 Å². The van der Waals surface area contributed by atoms with Crippen LogP contribution in [-0.2, 0) is 36.6 Å². The molecule has 0 saturated carbocycles. The van der Waals surface area contributed by atoms with Gasteiger partial charge in [0.2, 0.25) is 0 Å². The third-order valence-corrected chi connectivity index (χ3v) is 13.0. The fourth-order valence-electron chi connectivity index (χ4n) is 5.85. The molecule has 0 radical (unpaired) electrons. The molecule has 0 aliphatic rings. The molecule has 244 valence electrons. The van der Waals surface area contributed by atoms with Gasteiger partial charge in [-0.05, 0) is 47.3 Å². The molecule has 4 rings (SSSR count). The lowest BCUT2D eigenvalue weighted by molar-refractivity contribution is -0.159. The standard InChI is InChI=1S/C40H50O5Si/c1-39(2,3)45-38(41)27-34(37(43-29-33-21-13-8-14-22-33)31-42-28-32-19-11-7-12-20-32)30-44-46(40(4,5)6,35-23-15-9-16-24-35)36-25-17-10-18-26-36/h7-26,34,37H,27-31H2,1-6H3/t34-,37-/m1/s1. The molecule has 6 heteroatoms. The maximum absolute atomic E-state index is 13.4. The van der Waals surface area contributed by atoms with Crippen LogP contribution < -0.4 is 10.4 Å². The lowest BCUT2D eigenvalue weighted by Crippen LogP contribution is -2.67. The molecular formula is C40H50O5Si. The molecule has 0 unspecified atom stereocenters. The molecule has 4 aromatic carbocycles. The van der Waals surface area contributed by atoms with Gasteiger partial charge in [-0.2, -0.15) is 0 Å². The van der Waals surface area contributed by atoms with Gasteiger partial charge in [0.1, 0.15) is 5.60 Å². The summed E-state index contributed by atoms with van der Waals surface area (Å²) in [5, 5.41) is 2.16. The number of carbonyl (C=O) groups excluding carboxylic acids is 1. The number of rotatable bonds is 15. The summed E-state index contributed by atoms with van der Waals surface area (Å²) in [5.74, 6) is -0.601. The van der Waals surface area contributed by atoms with E-state index in [-0.39, 0.29) is 23.3 Å². The maximum atomic E-state index is 13.4. The van der Waals surface area contributed by atoms with Crippen molar-refractivity contribution in [1.82, 2.24) is 0 Å². The second-order valence-electron chi connectivity index (χ2n) is 13.9. The second-order valence-corrected chi connectivity index (χ2v) is 18.2. The van der Waals surface area contributed by atoms with Crippen LogP contribution in [0.3, 0.4) is 0 Å². The summed E-state index contributed by atoms with van der Waals surface area (Å²) in [6, 6.07) is 41.3. The Kier molecular flexibility index (Phi) is 12.5. The quantitative estimate of drug-likeness (QED) is 0.0986. The van der Waals surface area contributed by atoms with Crippen molar-refractivity contribution in [2.75, 3.05) is 13.2 Å². The van der Waals surface area contributed by atoms with Crippen molar-refractivity contribution in [3.63, 3.8) is 0 Å². The van der Waals surface area contributed by atoms with E-state index in [9.17, 15) is 4.79 Å². The fourth-order valence-corrected chi connectivity index (χ4v) is 10.5. The smallest absolute Gasteiger partial charge is 0.306 e. The number of esters is 1. The Morgan fingerprint density at radius 2 is 1.09 bits per heavy atom. The van der Waals surface area contributed by atoms with E-state index in [1.165, 1.54) is 10.4 Å². The van der Waals surface area contributed by atoms with Crippen molar-refractivity contribution in [1.29, 1.82) is 0 Å². The van der Waals surface area contributed by atoms with Crippen molar-refractivity contribution in [2.45, 2.75) is 77.9 Å². The van der Waals surface area contributed by atoms with Gasteiger partial charge in [0.25, 0.3) is 8.32 Å². The van der Waals surface area contributed by atoms with E-state index in [0.29, 0.717) is 26.4 Å². The van der Waals surface area contributed by atoms with E-state index in [2.05, 4.69) is 69.3 Å². The maximum Gasteiger partial charge on any atom is 0.306 e. The molecule has 0 spiro atoms. The monoisotopic (exact) mass is 638 g/mol. The molecule has 0 N–H and O–H groups in total. The van der Waals surface area contributed by atoms with Gasteiger partial charge < -0.3 is 18.6 Å². The molecule has 0 aliphatic carbocycles. The minimum atomic E-state index is -2.88. The van der Waals surface area contributed by atoms with Crippen LogP contribution in [0, 0.1) is 5.92 Å². The molecule has 0 fully saturated rings. The summed E-state index contributed by atoms with van der Waals surface area (Å²) in [7, 11) is -2.88. The number of ether oxygens (including phenoxy) is 3. The van der Waals surface area contributed by atoms with Crippen LogP contribution in [0.25, 0.3) is 0 Å². The average molecular weight is 639 g/mol. The molecule has 0 heterocycles. The molecule has 0 aromatic heterocycles. The molecule has 46 heavy (non-hydrogen) atoms. The predicted octanol–water partition coefficient (Wildman–Crippen LogP) is 7.71. The Balaban J connectivity index is 1.70.